The first-order valence-corrected chi connectivity index (χ1v) is 10.5. The van der Waals surface area contributed by atoms with Crippen LogP contribution in [0.1, 0.15) is 54.2 Å². The second-order valence-corrected chi connectivity index (χ2v) is 8.02. The van der Waals surface area contributed by atoms with E-state index < -0.39 is 0 Å². The Hall–Kier alpha value is -2.03. The van der Waals surface area contributed by atoms with Crippen LogP contribution in [-0.4, -0.2) is 39.8 Å². The summed E-state index contributed by atoms with van der Waals surface area (Å²) in [7, 11) is 1.68. The lowest BCUT2D eigenvalue weighted by Gasteiger charge is -2.30. The molecule has 0 aromatic carbocycles. The quantitative estimate of drug-likeness (QED) is 0.586. The van der Waals surface area contributed by atoms with Crippen molar-refractivity contribution in [3.63, 3.8) is 0 Å². The maximum atomic E-state index is 5.82. The molecule has 0 atom stereocenters. The Morgan fingerprint density at radius 2 is 2.04 bits per heavy atom. The summed E-state index contributed by atoms with van der Waals surface area (Å²) in [5.74, 6) is 3.13. The lowest BCUT2D eigenvalue weighted by molar-refractivity contribution is 0.154. The number of rotatable bonds is 7. The molecule has 0 amide bonds. The number of methoxy groups -OCH3 is 1. The van der Waals surface area contributed by atoms with Crippen molar-refractivity contribution in [2.24, 2.45) is 0 Å². The molecule has 8 heteroatoms. The van der Waals surface area contributed by atoms with Crippen LogP contribution in [0.3, 0.4) is 0 Å². The van der Waals surface area contributed by atoms with Gasteiger partial charge in [-0.2, -0.15) is 0 Å². The number of hydrogen-bond acceptors (Lipinski definition) is 8. The topological polar surface area (TPSA) is 77.4 Å². The molecule has 3 aromatic heterocycles. The monoisotopic (exact) mass is 402 g/mol. The van der Waals surface area contributed by atoms with E-state index in [4.69, 9.17) is 13.7 Å². The summed E-state index contributed by atoms with van der Waals surface area (Å²) in [6.45, 7) is 7.49. The van der Waals surface area contributed by atoms with E-state index in [0.29, 0.717) is 12.5 Å². The van der Waals surface area contributed by atoms with Crippen LogP contribution in [0.4, 0.5) is 0 Å². The van der Waals surface area contributed by atoms with E-state index in [9.17, 15) is 0 Å². The fourth-order valence-corrected chi connectivity index (χ4v) is 4.67. The van der Waals surface area contributed by atoms with Crippen LogP contribution in [0, 0.1) is 6.92 Å². The van der Waals surface area contributed by atoms with Gasteiger partial charge in [0.1, 0.15) is 23.0 Å². The molecule has 150 valence electrons. The number of nitrogens with zero attached hydrogens (tertiary/aromatic N) is 4. The molecule has 0 spiro atoms. The van der Waals surface area contributed by atoms with Crippen molar-refractivity contribution < 1.29 is 13.7 Å². The SMILES string of the molecule is CCc1c(C)noc1-c1snnc1C1CCN(Cc2ccc(COC)o2)CC1. The number of hydrogen-bond donors (Lipinski definition) is 0. The van der Waals surface area contributed by atoms with Gasteiger partial charge in [0.05, 0.1) is 17.9 Å². The van der Waals surface area contributed by atoms with E-state index >= 15 is 0 Å². The average molecular weight is 403 g/mol. The Morgan fingerprint density at radius 1 is 1.25 bits per heavy atom. The number of aromatic nitrogens is 3. The predicted molar refractivity (Wildman–Crippen MR) is 106 cm³/mol. The lowest BCUT2D eigenvalue weighted by atomic mass is 9.92. The van der Waals surface area contributed by atoms with Crippen LogP contribution in [0.15, 0.2) is 21.1 Å². The van der Waals surface area contributed by atoms with E-state index in [1.807, 2.05) is 19.1 Å². The van der Waals surface area contributed by atoms with E-state index in [2.05, 4.69) is 26.6 Å². The van der Waals surface area contributed by atoms with Gasteiger partial charge in [0.25, 0.3) is 0 Å². The van der Waals surface area contributed by atoms with Crippen LogP contribution in [0.5, 0.6) is 0 Å². The summed E-state index contributed by atoms with van der Waals surface area (Å²) in [4.78, 5) is 3.48. The Labute approximate surface area is 168 Å². The number of aryl methyl sites for hydroxylation is 1. The highest BCUT2D eigenvalue weighted by molar-refractivity contribution is 7.09. The van der Waals surface area contributed by atoms with Crippen molar-refractivity contribution in [1.82, 2.24) is 19.6 Å². The van der Waals surface area contributed by atoms with Crippen molar-refractivity contribution >= 4 is 11.5 Å². The predicted octanol–water partition coefficient (Wildman–Crippen LogP) is 4.18. The fourth-order valence-electron chi connectivity index (χ4n) is 3.92. The van der Waals surface area contributed by atoms with Gasteiger partial charge in [-0.05, 0) is 62.9 Å². The lowest BCUT2D eigenvalue weighted by Crippen LogP contribution is -2.32. The molecule has 0 radical (unpaired) electrons. The number of ether oxygens (including phenoxy) is 1. The van der Waals surface area contributed by atoms with Crippen molar-refractivity contribution in [2.75, 3.05) is 20.2 Å². The summed E-state index contributed by atoms with van der Waals surface area (Å²) >= 11 is 1.41. The third-order valence-corrected chi connectivity index (χ3v) is 6.16. The van der Waals surface area contributed by atoms with Gasteiger partial charge in [-0.3, -0.25) is 4.90 Å². The van der Waals surface area contributed by atoms with E-state index in [0.717, 1.165) is 78.0 Å². The molecular formula is C20H26N4O3S. The Kier molecular flexibility index (Phi) is 5.89. The standard InChI is InChI=1S/C20H26N4O3S/c1-4-17-13(2)22-27-19(17)20-18(21-23-28-20)14-7-9-24(10-8-14)11-15-5-6-16(26-15)12-25-3/h5-6,14H,4,7-12H2,1-3H3. The molecule has 0 aliphatic carbocycles. The Bertz CT molecular complexity index is 908. The highest BCUT2D eigenvalue weighted by atomic mass is 32.1. The molecule has 0 unspecified atom stereocenters. The summed E-state index contributed by atoms with van der Waals surface area (Å²) in [6.07, 6.45) is 3.01. The molecule has 4 rings (SSSR count). The summed E-state index contributed by atoms with van der Waals surface area (Å²) in [5, 5.41) is 8.62. The number of likely N-dealkylation sites (tertiary alicyclic amines) is 1. The summed E-state index contributed by atoms with van der Waals surface area (Å²) in [6, 6.07) is 4.03. The third kappa shape index (κ3) is 3.90. The molecule has 1 aliphatic rings. The zero-order valence-electron chi connectivity index (χ0n) is 16.6. The molecule has 1 fully saturated rings. The molecule has 4 heterocycles. The van der Waals surface area contributed by atoms with Crippen LogP contribution in [0.2, 0.25) is 0 Å². The normalized spacial score (nSPS) is 16.1. The van der Waals surface area contributed by atoms with Crippen LogP contribution < -0.4 is 0 Å². The molecule has 0 bridgehead atoms. The first kappa shape index (κ1) is 19.3. The molecule has 1 aliphatic heterocycles. The van der Waals surface area contributed by atoms with Crippen molar-refractivity contribution in [3.05, 3.63) is 40.6 Å². The van der Waals surface area contributed by atoms with Crippen LogP contribution in [0.25, 0.3) is 10.6 Å². The smallest absolute Gasteiger partial charge is 0.183 e. The van der Waals surface area contributed by atoms with Gasteiger partial charge in [0, 0.05) is 18.6 Å². The van der Waals surface area contributed by atoms with E-state index in [1.165, 1.54) is 11.5 Å². The number of furan rings is 1. The highest BCUT2D eigenvalue weighted by Gasteiger charge is 2.29. The molecule has 3 aromatic rings. The highest BCUT2D eigenvalue weighted by Crippen LogP contribution is 2.38. The van der Waals surface area contributed by atoms with E-state index in [-0.39, 0.29) is 0 Å². The Morgan fingerprint density at radius 3 is 2.79 bits per heavy atom. The zero-order chi connectivity index (χ0) is 19.5. The van der Waals surface area contributed by atoms with Gasteiger partial charge in [0.15, 0.2) is 5.76 Å². The van der Waals surface area contributed by atoms with E-state index in [1.54, 1.807) is 7.11 Å². The maximum Gasteiger partial charge on any atom is 0.183 e. The first-order chi connectivity index (χ1) is 13.7. The molecule has 28 heavy (non-hydrogen) atoms. The molecule has 0 saturated carbocycles. The third-order valence-electron chi connectivity index (χ3n) is 5.42. The van der Waals surface area contributed by atoms with Crippen LogP contribution >= 0.6 is 11.5 Å². The first-order valence-electron chi connectivity index (χ1n) is 9.76. The van der Waals surface area contributed by atoms with Crippen LogP contribution in [-0.2, 0) is 24.3 Å². The Balaban J connectivity index is 1.41. The van der Waals surface area contributed by atoms with Crippen molar-refractivity contribution in [3.8, 4) is 10.6 Å². The van der Waals surface area contributed by atoms with Gasteiger partial charge in [-0.25, -0.2) is 0 Å². The maximum absolute atomic E-state index is 5.82. The fraction of sp³-hybridized carbons (Fsp3) is 0.550. The molecular weight excluding hydrogens is 376 g/mol. The molecule has 7 nitrogen and oxygen atoms in total. The van der Waals surface area contributed by atoms with Gasteiger partial charge < -0.3 is 13.7 Å². The minimum absolute atomic E-state index is 0.403. The largest absolute Gasteiger partial charge is 0.462 e. The molecule has 0 N–H and O–H groups in total. The number of piperidine rings is 1. The second-order valence-electron chi connectivity index (χ2n) is 7.27. The molecule has 1 saturated heterocycles. The summed E-state index contributed by atoms with van der Waals surface area (Å²) < 4.78 is 20.8. The van der Waals surface area contributed by atoms with Crippen molar-refractivity contribution in [1.29, 1.82) is 0 Å². The second kappa shape index (κ2) is 8.55. The zero-order valence-corrected chi connectivity index (χ0v) is 17.4. The van der Waals surface area contributed by atoms with Crippen molar-refractivity contribution in [2.45, 2.75) is 52.2 Å². The van der Waals surface area contributed by atoms with Gasteiger partial charge in [0.2, 0.25) is 0 Å². The van der Waals surface area contributed by atoms with Gasteiger partial charge in [-0.15, -0.1) is 5.10 Å². The van der Waals surface area contributed by atoms with Gasteiger partial charge >= 0.3 is 0 Å². The minimum Gasteiger partial charge on any atom is -0.462 e. The minimum atomic E-state index is 0.403. The van der Waals surface area contributed by atoms with Gasteiger partial charge in [-0.1, -0.05) is 16.6 Å². The average Bonchev–Trinajstić information content (AvgIpc) is 3.42. The summed E-state index contributed by atoms with van der Waals surface area (Å²) in [5.41, 5.74) is 3.18.